The summed E-state index contributed by atoms with van der Waals surface area (Å²) in [4.78, 5) is 0. The van der Waals surface area contributed by atoms with Crippen molar-refractivity contribution < 1.29 is 9.84 Å². The van der Waals surface area contributed by atoms with Gasteiger partial charge in [-0.2, -0.15) is 5.10 Å². The van der Waals surface area contributed by atoms with Gasteiger partial charge in [0, 0.05) is 23.6 Å². The summed E-state index contributed by atoms with van der Waals surface area (Å²) in [5.74, 6) is 0.934. The Balaban J connectivity index is 2.57. The molecule has 0 amide bonds. The van der Waals surface area contributed by atoms with Crippen molar-refractivity contribution in [3.05, 3.63) is 40.5 Å². The van der Waals surface area contributed by atoms with E-state index in [2.05, 4.69) is 18.9 Å². The first-order valence-corrected chi connectivity index (χ1v) is 6.98. The molecule has 0 radical (unpaired) electrons. The summed E-state index contributed by atoms with van der Waals surface area (Å²) in [7, 11) is 1.62. The van der Waals surface area contributed by atoms with Crippen LogP contribution < -0.4 is 4.74 Å². The SMILES string of the molecule is COc1c(CCO)c(C(C)C)nn1-c1ccc(Cl)cc1. The van der Waals surface area contributed by atoms with Crippen molar-refractivity contribution in [3.63, 3.8) is 0 Å². The van der Waals surface area contributed by atoms with Crippen LogP contribution in [-0.2, 0) is 6.42 Å². The summed E-state index contributed by atoms with van der Waals surface area (Å²) < 4.78 is 7.26. The number of aliphatic hydroxyl groups excluding tert-OH is 1. The molecule has 0 aliphatic heterocycles. The molecule has 0 saturated heterocycles. The standard InChI is InChI=1S/C15H19ClN2O2/c1-10(2)14-13(8-9-19)15(20-3)18(17-14)12-6-4-11(16)5-7-12/h4-7,10,19H,8-9H2,1-3H3. The van der Waals surface area contributed by atoms with Gasteiger partial charge in [-0.25, -0.2) is 4.68 Å². The Morgan fingerprint density at radius 3 is 2.45 bits per heavy atom. The topological polar surface area (TPSA) is 47.3 Å². The number of hydrogen-bond acceptors (Lipinski definition) is 3. The average molecular weight is 295 g/mol. The molecule has 1 N–H and O–H groups in total. The minimum Gasteiger partial charge on any atom is -0.481 e. The smallest absolute Gasteiger partial charge is 0.220 e. The molecule has 20 heavy (non-hydrogen) atoms. The van der Waals surface area contributed by atoms with Crippen molar-refractivity contribution in [2.45, 2.75) is 26.2 Å². The maximum atomic E-state index is 9.25. The van der Waals surface area contributed by atoms with Crippen LogP contribution in [0.1, 0.15) is 31.0 Å². The van der Waals surface area contributed by atoms with E-state index >= 15 is 0 Å². The zero-order valence-corrected chi connectivity index (χ0v) is 12.7. The zero-order valence-electron chi connectivity index (χ0n) is 11.9. The largest absolute Gasteiger partial charge is 0.481 e. The Bertz CT molecular complexity index is 576. The second kappa shape index (κ2) is 6.29. The van der Waals surface area contributed by atoms with Gasteiger partial charge in [-0.1, -0.05) is 25.4 Å². The van der Waals surface area contributed by atoms with E-state index in [1.807, 2.05) is 24.3 Å². The lowest BCUT2D eigenvalue weighted by Crippen LogP contribution is -2.01. The third kappa shape index (κ3) is 2.81. The first-order chi connectivity index (χ1) is 9.58. The second-order valence-electron chi connectivity index (χ2n) is 4.89. The number of aromatic nitrogens is 2. The van der Waals surface area contributed by atoms with Gasteiger partial charge in [0.15, 0.2) is 0 Å². The van der Waals surface area contributed by atoms with Crippen LogP contribution in [0.4, 0.5) is 0 Å². The fourth-order valence-electron chi connectivity index (χ4n) is 2.23. The molecule has 0 bridgehead atoms. The van der Waals surface area contributed by atoms with E-state index in [0.29, 0.717) is 17.3 Å². The lowest BCUT2D eigenvalue weighted by atomic mass is 10.0. The molecular weight excluding hydrogens is 276 g/mol. The Morgan fingerprint density at radius 1 is 1.30 bits per heavy atom. The Hall–Kier alpha value is -1.52. The van der Waals surface area contributed by atoms with Gasteiger partial charge in [-0.3, -0.25) is 0 Å². The van der Waals surface area contributed by atoms with E-state index in [1.165, 1.54) is 0 Å². The van der Waals surface area contributed by atoms with E-state index in [9.17, 15) is 5.11 Å². The van der Waals surface area contributed by atoms with E-state index in [4.69, 9.17) is 16.3 Å². The molecule has 1 aromatic heterocycles. The van der Waals surface area contributed by atoms with Crippen LogP contribution in [0.25, 0.3) is 5.69 Å². The Morgan fingerprint density at radius 2 is 1.95 bits per heavy atom. The van der Waals surface area contributed by atoms with Crippen molar-refractivity contribution >= 4 is 11.6 Å². The molecule has 5 heteroatoms. The average Bonchev–Trinajstić information content (AvgIpc) is 2.79. The molecule has 1 aromatic carbocycles. The van der Waals surface area contributed by atoms with Gasteiger partial charge in [0.25, 0.3) is 0 Å². The molecule has 0 saturated carbocycles. The van der Waals surface area contributed by atoms with Crippen LogP contribution in [0.2, 0.25) is 5.02 Å². The third-order valence-electron chi connectivity index (χ3n) is 3.14. The number of benzene rings is 1. The molecule has 0 aliphatic carbocycles. The van der Waals surface area contributed by atoms with Gasteiger partial charge in [0.05, 0.1) is 18.5 Å². The molecular formula is C15H19ClN2O2. The maximum absolute atomic E-state index is 9.25. The monoisotopic (exact) mass is 294 g/mol. The van der Waals surface area contributed by atoms with Crippen LogP contribution in [-0.4, -0.2) is 28.6 Å². The molecule has 0 spiro atoms. The van der Waals surface area contributed by atoms with E-state index in [1.54, 1.807) is 11.8 Å². The van der Waals surface area contributed by atoms with Gasteiger partial charge in [0.2, 0.25) is 5.88 Å². The predicted molar refractivity (Wildman–Crippen MR) is 80.0 cm³/mol. The lowest BCUT2D eigenvalue weighted by molar-refractivity contribution is 0.295. The zero-order chi connectivity index (χ0) is 14.7. The first-order valence-electron chi connectivity index (χ1n) is 6.61. The molecule has 1 heterocycles. The molecule has 108 valence electrons. The second-order valence-corrected chi connectivity index (χ2v) is 5.33. The summed E-state index contributed by atoms with van der Waals surface area (Å²) in [5, 5.41) is 14.6. The van der Waals surface area contributed by atoms with Crippen LogP contribution >= 0.6 is 11.6 Å². The predicted octanol–water partition coefficient (Wildman–Crippen LogP) is 3.19. The van der Waals surface area contributed by atoms with Crippen molar-refractivity contribution in [2.24, 2.45) is 0 Å². The highest BCUT2D eigenvalue weighted by atomic mass is 35.5. The number of aliphatic hydroxyl groups is 1. The van der Waals surface area contributed by atoms with Gasteiger partial charge < -0.3 is 9.84 Å². The number of rotatable bonds is 5. The molecule has 2 aromatic rings. The van der Waals surface area contributed by atoms with E-state index < -0.39 is 0 Å². The van der Waals surface area contributed by atoms with Crippen molar-refractivity contribution in [1.82, 2.24) is 9.78 Å². The molecule has 0 atom stereocenters. The summed E-state index contributed by atoms with van der Waals surface area (Å²) in [5.41, 5.74) is 2.79. The van der Waals surface area contributed by atoms with Gasteiger partial charge in [-0.15, -0.1) is 0 Å². The molecule has 4 nitrogen and oxygen atoms in total. The Labute approximate surface area is 123 Å². The highest BCUT2D eigenvalue weighted by molar-refractivity contribution is 6.30. The quantitative estimate of drug-likeness (QED) is 0.921. The number of methoxy groups -OCH3 is 1. The lowest BCUT2D eigenvalue weighted by Gasteiger charge is -2.08. The highest BCUT2D eigenvalue weighted by Gasteiger charge is 2.21. The molecule has 0 unspecified atom stereocenters. The highest BCUT2D eigenvalue weighted by Crippen LogP contribution is 2.30. The fraction of sp³-hybridized carbons (Fsp3) is 0.400. The summed E-state index contributed by atoms with van der Waals surface area (Å²) in [6, 6.07) is 7.42. The van der Waals surface area contributed by atoms with Gasteiger partial charge >= 0.3 is 0 Å². The first kappa shape index (κ1) is 14.9. The maximum Gasteiger partial charge on any atom is 0.220 e. The summed E-state index contributed by atoms with van der Waals surface area (Å²) >= 11 is 5.92. The van der Waals surface area contributed by atoms with Gasteiger partial charge in [-0.05, 0) is 30.2 Å². The minimum atomic E-state index is 0.0718. The molecule has 0 aliphatic rings. The number of halogens is 1. The summed E-state index contributed by atoms with van der Waals surface area (Å²) in [6.45, 7) is 4.23. The number of ether oxygens (including phenoxy) is 1. The van der Waals surface area contributed by atoms with E-state index in [-0.39, 0.29) is 12.5 Å². The van der Waals surface area contributed by atoms with Gasteiger partial charge in [0.1, 0.15) is 0 Å². The molecule has 2 rings (SSSR count). The van der Waals surface area contributed by atoms with Crippen LogP contribution in [0.3, 0.4) is 0 Å². The normalized spacial score (nSPS) is 11.1. The number of nitrogens with zero attached hydrogens (tertiary/aromatic N) is 2. The van der Waals surface area contributed by atoms with E-state index in [0.717, 1.165) is 16.9 Å². The van der Waals surface area contributed by atoms with Crippen molar-refractivity contribution in [3.8, 4) is 11.6 Å². The minimum absolute atomic E-state index is 0.0718. The summed E-state index contributed by atoms with van der Waals surface area (Å²) in [6.07, 6.45) is 0.532. The third-order valence-corrected chi connectivity index (χ3v) is 3.39. The van der Waals surface area contributed by atoms with Crippen molar-refractivity contribution in [2.75, 3.05) is 13.7 Å². The van der Waals surface area contributed by atoms with Crippen LogP contribution in [0, 0.1) is 0 Å². The molecule has 0 fully saturated rings. The van der Waals surface area contributed by atoms with Crippen molar-refractivity contribution in [1.29, 1.82) is 0 Å². The fourth-order valence-corrected chi connectivity index (χ4v) is 2.35. The van der Waals surface area contributed by atoms with Crippen LogP contribution in [0.15, 0.2) is 24.3 Å². The van der Waals surface area contributed by atoms with Crippen LogP contribution in [0.5, 0.6) is 5.88 Å². The number of hydrogen-bond donors (Lipinski definition) is 1. The Kier molecular flexibility index (Phi) is 4.68.